The standard InChI is InChI=1S/C10H21FN2/c1-9-8-13(6-4-5-11)10(2)7-12(9)3/h9-10H,4-8H2,1-3H3. The average molecular weight is 188 g/mol. The summed E-state index contributed by atoms with van der Waals surface area (Å²) in [7, 11) is 2.16. The summed E-state index contributed by atoms with van der Waals surface area (Å²) in [6.07, 6.45) is 0.681. The lowest BCUT2D eigenvalue weighted by Gasteiger charge is -2.42. The highest BCUT2D eigenvalue weighted by Crippen LogP contribution is 2.13. The summed E-state index contributed by atoms with van der Waals surface area (Å²) in [4.78, 5) is 4.76. The Morgan fingerprint density at radius 3 is 2.54 bits per heavy atom. The number of alkyl halides is 1. The largest absolute Gasteiger partial charge is 0.301 e. The van der Waals surface area contributed by atoms with Gasteiger partial charge in [0.25, 0.3) is 0 Å². The van der Waals surface area contributed by atoms with Gasteiger partial charge in [-0.25, -0.2) is 0 Å². The van der Waals surface area contributed by atoms with Crippen LogP contribution in [0.15, 0.2) is 0 Å². The maximum Gasteiger partial charge on any atom is 0.0906 e. The van der Waals surface area contributed by atoms with E-state index in [2.05, 4.69) is 30.7 Å². The van der Waals surface area contributed by atoms with Gasteiger partial charge in [0.1, 0.15) is 0 Å². The van der Waals surface area contributed by atoms with E-state index in [1.54, 1.807) is 0 Å². The predicted octanol–water partition coefficient (Wildman–Crippen LogP) is 1.37. The molecule has 1 heterocycles. The van der Waals surface area contributed by atoms with Gasteiger partial charge in [-0.2, -0.15) is 0 Å². The zero-order chi connectivity index (χ0) is 9.84. The number of nitrogens with zero attached hydrogens (tertiary/aromatic N) is 2. The number of rotatable bonds is 3. The van der Waals surface area contributed by atoms with Gasteiger partial charge in [-0.3, -0.25) is 9.29 Å². The maximum absolute atomic E-state index is 12.0. The monoisotopic (exact) mass is 188 g/mol. The summed E-state index contributed by atoms with van der Waals surface area (Å²) in [5.41, 5.74) is 0. The molecule has 0 aromatic heterocycles. The van der Waals surface area contributed by atoms with Crippen LogP contribution in [-0.4, -0.2) is 55.2 Å². The van der Waals surface area contributed by atoms with Crippen LogP contribution in [0.5, 0.6) is 0 Å². The van der Waals surface area contributed by atoms with E-state index in [1.807, 2.05) is 0 Å². The molecule has 0 aromatic rings. The van der Waals surface area contributed by atoms with Crippen molar-refractivity contribution in [2.24, 2.45) is 0 Å². The lowest BCUT2D eigenvalue weighted by atomic mass is 10.1. The van der Waals surface area contributed by atoms with Gasteiger partial charge < -0.3 is 4.90 Å². The van der Waals surface area contributed by atoms with E-state index in [0.717, 1.165) is 19.6 Å². The third-order valence-electron chi connectivity index (χ3n) is 3.01. The van der Waals surface area contributed by atoms with E-state index in [0.29, 0.717) is 18.5 Å². The summed E-state index contributed by atoms with van der Waals surface area (Å²) < 4.78 is 12.0. The highest BCUT2D eigenvalue weighted by Gasteiger charge is 2.25. The van der Waals surface area contributed by atoms with E-state index in [1.165, 1.54) is 0 Å². The highest BCUT2D eigenvalue weighted by atomic mass is 19.1. The molecule has 1 saturated heterocycles. The van der Waals surface area contributed by atoms with Crippen molar-refractivity contribution in [1.29, 1.82) is 0 Å². The topological polar surface area (TPSA) is 6.48 Å². The van der Waals surface area contributed by atoms with Crippen molar-refractivity contribution in [3.8, 4) is 0 Å². The molecule has 0 spiro atoms. The summed E-state index contributed by atoms with van der Waals surface area (Å²) in [6, 6.07) is 1.18. The van der Waals surface area contributed by atoms with Crippen molar-refractivity contribution in [2.75, 3.05) is 33.4 Å². The van der Waals surface area contributed by atoms with Gasteiger partial charge in [-0.15, -0.1) is 0 Å². The molecule has 1 aliphatic heterocycles. The van der Waals surface area contributed by atoms with E-state index in [9.17, 15) is 4.39 Å². The fourth-order valence-corrected chi connectivity index (χ4v) is 1.95. The number of likely N-dealkylation sites (N-methyl/N-ethyl adjacent to an activating group) is 1. The Kier molecular flexibility index (Phi) is 4.13. The molecule has 0 bridgehead atoms. The Bertz CT molecular complexity index is 152. The van der Waals surface area contributed by atoms with Crippen molar-refractivity contribution < 1.29 is 4.39 Å². The van der Waals surface area contributed by atoms with Gasteiger partial charge in [0.15, 0.2) is 0 Å². The summed E-state index contributed by atoms with van der Waals surface area (Å²) in [6.45, 7) is 7.36. The smallest absolute Gasteiger partial charge is 0.0906 e. The van der Waals surface area contributed by atoms with Crippen LogP contribution in [0.25, 0.3) is 0 Å². The SMILES string of the molecule is CC1CN(CCCF)C(C)CN1C. The molecule has 0 aromatic carbocycles. The Morgan fingerprint density at radius 1 is 1.23 bits per heavy atom. The minimum absolute atomic E-state index is 0.187. The molecular weight excluding hydrogens is 167 g/mol. The van der Waals surface area contributed by atoms with Crippen LogP contribution in [0.1, 0.15) is 20.3 Å². The van der Waals surface area contributed by atoms with Crippen molar-refractivity contribution in [3.63, 3.8) is 0 Å². The second-order valence-corrected chi connectivity index (χ2v) is 4.18. The van der Waals surface area contributed by atoms with E-state index in [4.69, 9.17) is 0 Å². The van der Waals surface area contributed by atoms with E-state index >= 15 is 0 Å². The van der Waals surface area contributed by atoms with Gasteiger partial charge in [-0.1, -0.05) is 0 Å². The second-order valence-electron chi connectivity index (χ2n) is 4.18. The molecule has 0 N–H and O–H groups in total. The maximum atomic E-state index is 12.0. The van der Waals surface area contributed by atoms with Crippen molar-refractivity contribution in [3.05, 3.63) is 0 Å². The molecule has 2 atom stereocenters. The molecule has 1 fully saturated rings. The van der Waals surface area contributed by atoms with Crippen LogP contribution in [0.3, 0.4) is 0 Å². The molecular formula is C10H21FN2. The summed E-state index contributed by atoms with van der Waals surface area (Å²) >= 11 is 0. The van der Waals surface area contributed by atoms with Crippen molar-refractivity contribution in [1.82, 2.24) is 9.80 Å². The molecule has 2 nitrogen and oxygen atoms in total. The zero-order valence-corrected chi connectivity index (χ0v) is 8.96. The predicted molar refractivity (Wildman–Crippen MR) is 53.7 cm³/mol. The van der Waals surface area contributed by atoms with E-state index in [-0.39, 0.29) is 6.67 Å². The zero-order valence-electron chi connectivity index (χ0n) is 8.96. The molecule has 0 saturated carbocycles. The van der Waals surface area contributed by atoms with Gasteiger partial charge in [0.2, 0.25) is 0 Å². The number of halogens is 1. The van der Waals surface area contributed by atoms with Crippen LogP contribution in [0.4, 0.5) is 4.39 Å². The number of hydrogen-bond donors (Lipinski definition) is 0. The third kappa shape index (κ3) is 2.92. The Hall–Kier alpha value is -0.150. The molecule has 78 valence electrons. The van der Waals surface area contributed by atoms with Crippen LogP contribution in [-0.2, 0) is 0 Å². The Morgan fingerprint density at radius 2 is 1.92 bits per heavy atom. The van der Waals surface area contributed by atoms with Gasteiger partial charge in [-0.05, 0) is 27.3 Å². The van der Waals surface area contributed by atoms with Crippen LogP contribution in [0, 0.1) is 0 Å². The highest BCUT2D eigenvalue weighted by molar-refractivity contribution is 4.82. The Balaban J connectivity index is 2.37. The van der Waals surface area contributed by atoms with Crippen LogP contribution in [0.2, 0.25) is 0 Å². The minimum Gasteiger partial charge on any atom is -0.301 e. The molecule has 2 unspecified atom stereocenters. The summed E-state index contributed by atoms with van der Waals surface area (Å²) in [5.74, 6) is 0. The molecule has 0 aliphatic carbocycles. The fourth-order valence-electron chi connectivity index (χ4n) is 1.95. The first-order chi connectivity index (χ1) is 6.15. The minimum atomic E-state index is -0.187. The average Bonchev–Trinajstić information content (AvgIpc) is 2.09. The lowest BCUT2D eigenvalue weighted by molar-refractivity contribution is 0.0581. The second kappa shape index (κ2) is 4.91. The van der Waals surface area contributed by atoms with Gasteiger partial charge in [0, 0.05) is 31.7 Å². The van der Waals surface area contributed by atoms with Gasteiger partial charge >= 0.3 is 0 Å². The first kappa shape index (κ1) is 10.9. The molecule has 1 rings (SSSR count). The summed E-state index contributed by atoms with van der Waals surface area (Å²) in [5, 5.41) is 0. The quantitative estimate of drug-likeness (QED) is 0.660. The van der Waals surface area contributed by atoms with Gasteiger partial charge in [0.05, 0.1) is 6.67 Å². The number of piperazine rings is 1. The molecule has 0 radical (unpaired) electrons. The molecule has 1 aliphatic rings. The molecule has 13 heavy (non-hydrogen) atoms. The van der Waals surface area contributed by atoms with Crippen LogP contribution < -0.4 is 0 Å². The Labute approximate surface area is 80.7 Å². The fraction of sp³-hybridized carbons (Fsp3) is 1.00. The molecule has 0 amide bonds. The van der Waals surface area contributed by atoms with E-state index < -0.39 is 0 Å². The van der Waals surface area contributed by atoms with Crippen molar-refractivity contribution >= 4 is 0 Å². The molecule has 3 heteroatoms. The first-order valence-electron chi connectivity index (χ1n) is 5.15. The first-order valence-corrected chi connectivity index (χ1v) is 5.15. The van der Waals surface area contributed by atoms with Crippen LogP contribution >= 0.6 is 0 Å². The number of hydrogen-bond acceptors (Lipinski definition) is 2. The normalized spacial score (nSPS) is 32.3. The van der Waals surface area contributed by atoms with Crippen molar-refractivity contribution in [2.45, 2.75) is 32.4 Å². The third-order valence-corrected chi connectivity index (χ3v) is 3.01. The lowest BCUT2D eigenvalue weighted by Crippen LogP contribution is -2.54.